The number of aliphatic hydroxyl groups is 1. The lowest BCUT2D eigenvalue weighted by Gasteiger charge is -2.14. The van der Waals surface area contributed by atoms with Gasteiger partial charge >= 0.3 is 6.18 Å². The lowest BCUT2D eigenvalue weighted by molar-refractivity contribution is -0.140. The van der Waals surface area contributed by atoms with Crippen LogP contribution in [0.4, 0.5) is 17.6 Å². The summed E-state index contributed by atoms with van der Waals surface area (Å²) < 4.78 is 50.3. The number of halogens is 5. The molecule has 0 unspecified atom stereocenters. The van der Waals surface area contributed by atoms with Crippen LogP contribution in [-0.4, -0.2) is 11.7 Å². The highest BCUT2D eigenvalue weighted by atomic mass is 35.5. The summed E-state index contributed by atoms with van der Waals surface area (Å²) in [5, 5.41) is 8.59. The molecule has 0 aliphatic heterocycles. The maximum Gasteiger partial charge on any atom is 0.419 e. The highest BCUT2D eigenvalue weighted by molar-refractivity contribution is 5.85. The van der Waals surface area contributed by atoms with Crippen LogP contribution >= 0.6 is 12.4 Å². The number of aliphatic hydroxyl groups excluding tert-OH is 1. The Kier molecular flexibility index (Phi) is 6.59. The van der Waals surface area contributed by atoms with Gasteiger partial charge in [0.25, 0.3) is 0 Å². The van der Waals surface area contributed by atoms with E-state index in [1.165, 1.54) is 6.07 Å². The van der Waals surface area contributed by atoms with Crippen LogP contribution in [0.3, 0.4) is 0 Å². The molecule has 1 aromatic rings. The summed E-state index contributed by atoms with van der Waals surface area (Å²) in [6.45, 7) is -0.0823. The van der Waals surface area contributed by atoms with E-state index in [9.17, 15) is 17.6 Å². The minimum Gasteiger partial charge on any atom is -0.396 e. The molecule has 0 aromatic heterocycles. The number of benzene rings is 1. The quantitative estimate of drug-likeness (QED) is 0.836. The van der Waals surface area contributed by atoms with E-state index in [1.807, 2.05) is 0 Å². The van der Waals surface area contributed by atoms with Gasteiger partial charge in [-0.25, -0.2) is 4.39 Å². The van der Waals surface area contributed by atoms with Crippen molar-refractivity contribution in [1.29, 1.82) is 0 Å². The van der Waals surface area contributed by atoms with Crippen molar-refractivity contribution in [2.75, 3.05) is 6.61 Å². The van der Waals surface area contributed by atoms with Gasteiger partial charge in [-0.3, -0.25) is 0 Å². The highest BCUT2D eigenvalue weighted by Gasteiger charge is 2.34. The summed E-state index contributed by atoms with van der Waals surface area (Å²) in [7, 11) is 0. The fraction of sp³-hybridized carbons (Fsp3) is 0.455. The Morgan fingerprint density at radius 3 is 2.39 bits per heavy atom. The van der Waals surface area contributed by atoms with Crippen molar-refractivity contribution in [2.24, 2.45) is 5.73 Å². The minimum absolute atomic E-state index is 0. The van der Waals surface area contributed by atoms with Crippen molar-refractivity contribution < 1.29 is 22.7 Å². The molecule has 0 fully saturated rings. The van der Waals surface area contributed by atoms with E-state index in [2.05, 4.69) is 0 Å². The monoisotopic (exact) mass is 287 g/mol. The second kappa shape index (κ2) is 6.92. The number of hydrogen-bond donors (Lipinski definition) is 2. The molecule has 0 radical (unpaired) electrons. The Bertz CT molecular complexity index is 384. The Hall–Kier alpha value is -0.850. The summed E-state index contributed by atoms with van der Waals surface area (Å²) in [6, 6.07) is 2.07. The van der Waals surface area contributed by atoms with Crippen molar-refractivity contribution in [2.45, 2.75) is 25.1 Å². The Balaban J connectivity index is 0.00000289. The molecular formula is C11H14ClF4NO. The maximum absolute atomic E-state index is 13.0. The van der Waals surface area contributed by atoms with Crippen LogP contribution in [0.5, 0.6) is 0 Å². The molecular weight excluding hydrogens is 274 g/mol. The SMILES string of the molecule is Cl.N[C@@H](CCCO)c1ccc(F)c(C(F)(F)F)c1. The van der Waals surface area contributed by atoms with Crippen LogP contribution in [0.15, 0.2) is 18.2 Å². The third-order valence-corrected chi connectivity index (χ3v) is 2.40. The van der Waals surface area contributed by atoms with Gasteiger partial charge in [-0.1, -0.05) is 6.07 Å². The van der Waals surface area contributed by atoms with Crippen molar-refractivity contribution in [1.82, 2.24) is 0 Å². The molecule has 1 atom stereocenters. The first-order chi connectivity index (χ1) is 7.86. The molecule has 7 heteroatoms. The van der Waals surface area contributed by atoms with E-state index < -0.39 is 23.6 Å². The lowest BCUT2D eigenvalue weighted by atomic mass is 10.0. The zero-order valence-corrected chi connectivity index (χ0v) is 10.2. The standard InChI is InChI=1S/C11H13F4NO.ClH/c12-9-4-3-7(10(16)2-1-5-17)6-8(9)11(13,14)15;/h3-4,6,10,17H,1-2,5,16H2;1H/t10-;/m0./s1. The van der Waals surface area contributed by atoms with Gasteiger partial charge in [0, 0.05) is 12.6 Å². The summed E-state index contributed by atoms with van der Waals surface area (Å²) in [5.41, 5.74) is 4.55. The van der Waals surface area contributed by atoms with Gasteiger partial charge in [0.1, 0.15) is 5.82 Å². The van der Waals surface area contributed by atoms with Gasteiger partial charge in [-0.2, -0.15) is 13.2 Å². The molecule has 0 aliphatic rings. The fourth-order valence-electron chi connectivity index (χ4n) is 1.47. The first-order valence-corrected chi connectivity index (χ1v) is 5.09. The molecule has 0 bridgehead atoms. The number of alkyl halides is 3. The zero-order valence-electron chi connectivity index (χ0n) is 9.38. The van der Waals surface area contributed by atoms with Crippen molar-refractivity contribution >= 4 is 12.4 Å². The van der Waals surface area contributed by atoms with Crippen LogP contribution in [0, 0.1) is 5.82 Å². The molecule has 0 saturated heterocycles. The minimum atomic E-state index is -4.73. The van der Waals surface area contributed by atoms with Crippen LogP contribution < -0.4 is 5.73 Å². The summed E-state index contributed by atoms with van der Waals surface area (Å²) in [4.78, 5) is 0. The van der Waals surface area contributed by atoms with Gasteiger partial charge in [0.15, 0.2) is 0 Å². The first-order valence-electron chi connectivity index (χ1n) is 5.09. The second-order valence-electron chi connectivity index (χ2n) is 3.71. The topological polar surface area (TPSA) is 46.2 Å². The third kappa shape index (κ3) is 4.44. The Morgan fingerprint density at radius 2 is 1.89 bits per heavy atom. The van der Waals surface area contributed by atoms with Gasteiger partial charge < -0.3 is 10.8 Å². The van der Waals surface area contributed by atoms with Gasteiger partial charge in [0.2, 0.25) is 0 Å². The molecule has 0 aliphatic carbocycles. The molecule has 3 N–H and O–H groups in total. The predicted octanol–water partition coefficient (Wildman–Crippen LogP) is 3.04. The normalized spacial score (nSPS) is 13.0. The molecule has 0 saturated carbocycles. The van der Waals surface area contributed by atoms with Gasteiger partial charge in [0.05, 0.1) is 5.56 Å². The maximum atomic E-state index is 13.0. The Labute approximate surface area is 108 Å². The molecule has 0 spiro atoms. The highest BCUT2D eigenvalue weighted by Crippen LogP contribution is 2.33. The predicted molar refractivity (Wildman–Crippen MR) is 61.9 cm³/mol. The van der Waals surface area contributed by atoms with Crippen LogP contribution in [-0.2, 0) is 6.18 Å². The summed E-state index contributed by atoms with van der Waals surface area (Å²) in [6.07, 6.45) is -3.99. The molecule has 1 aromatic carbocycles. The number of nitrogens with two attached hydrogens (primary N) is 1. The molecule has 0 amide bonds. The first kappa shape index (κ1) is 17.2. The van der Waals surface area contributed by atoms with Crippen molar-refractivity contribution in [3.05, 3.63) is 35.1 Å². The molecule has 0 heterocycles. The van der Waals surface area contributed by atoms with E-state index in [0.29, 0.717) is 12.8 Å². The van der Waals surface area contributed by atoms with E-state index in [0.717, 1.165) is 12.1 Å². The molecule has 104 valence electrons. The number of rotatable bonds is 4. The average Bonchev–Trinajstić information content (AvgIpc) is 2.25. The second-order valence-corrected chi connectivity index (χ2v) is 3.71. The fourth-order valence-corrected chi connectivity index (χ4v) is 1.47. The van der Waals surface area contributed by atoms with E-state index in [-0.39, 0.29) is 24.6 Å². The van der Waals surface area contributed by atoms with E-state index in [1.54, 1.807) is 0 Å². The largest absolute Gasteiger partial charge is 0.419 e. The van der Waals surface area contributed by atoms with Crippen LogP contribution in [0.25, 0.3) is 0 Å². The van der Waals surface area contributed by atoms with Crippen molar-refractivity contribution in [3.8, 4) is 0 Å². The van der Waals surface area contributed by atoms with Gasteiger partial charge in [-0.05, 0) is 30.5 Å². The molecule has 18 heavy (non-hydrogen) atoms. The molecule has 2 nitrogen and oxygen atoms in total. The summed E-state index contributed by atoms with van der Waals surface area (Å²) in [5.74, 6) is -1.31. The number of hydrogen-bond acceptors (Lipinski definition) is 2. The smallest absolute Gasteiger partial charge is 0.396 e. The third-order valence-electron chi connectivity index (χ3n) is 2.40. The average molecular weight is 288 g/mol. The Morgan fingerprint density at radius 1 is 1.28 bits per heavy atom. The van der Waals surface area contributed by atoms with Gasteiger partial charge in [-0.15, -0.1) is 12.4 Å². The lowest BCUT2D eigenvalue weighted by Crippen LogP contribution is -2.14. The van der Waals surface area contributed by atoms with Crippen LogP contribution in [0.1, 0.15) is 30.0 Å². The van der Waals surface area contributed by atoms with Crippen molar-refractivity contribution in [3.63, 3.8) is 0 Å². The summed E-state index contributed by atoms with van der Waals surface area (Å²) >= 11 is 0. The van der Waals surface area contributed by atoms with Crippen LogP contribution in [0.2, 0.25) is 0 Å². The van der Waals surface area contributed by atoms with E-state index in [4.69, 9.17) is 10.8 Å². The molecule has 1 rings (SSSR count). The zero-order chi connectivity index (χ0) is 13.1. The van der Waals surface area contributed by atoms with E-state index >= 15 is 0 Å².